The van der Waals surface area contributed by atoms with E-state index in [4.69, 9.17) is 9.47 Å². The lowest BCUT2D eigenvalue weighted by Gasteiger charge is -2.16. The van der Waals surface area contributed by atoms with E-state index in [0.717, 1.165) is 11.1 Å². The largest absolute Gasteiger partial charge is 0.493 e. The standard InChI is InChI=1S/C18H19BrFNO3/c1-3-23-16-6-4-5-12(9-18(22)21-2)14(16)11-24-17-8-7-13(20)10-15(17)19/h4-8,10H,3,9,11H2,1-2H3,(H,21,22). The highest BCUT2D eigenvalue weighted by Crippen LogP contribution is 2.29. The fourth-order valence-electron chi connectivity index (χ4n) is 2.23. The Morgan fingerprint density at radius 2 is 2.00 bits per heavy atom. The molecule has 2 rings (SSSR count). The summed E-state index contributed by atoms with van der Waals surface area (Å²) in [4.78, 5) is 11.7. The van der Waals surface area contributed by atoms with Crippen LogP contribution in [0.5, 0.6) is 11.5 Å². The van der Waals surface area contributed by atoms with Gasteiger partial charge in [-0.1, -0.05) is 12.1 Å². The van der Waals surface area contributed by atoms with Gasteiger partial charge in [-0.3, -0.25) is 4.79 Å². The molecule has 128 valence electrons. The number of carbonyl (C=O) groups excluding carboxylic acids is 1. The summed E-state index contributed by atoms with van der Waals surface area (Å²) in [5, 5.41) is 2.61. The molecule has 4 nitrogen and oxygen atoms in total. The summed E-state index contributed by atoms with van der Waals surface area (Å²) in [6, 6.07) is 9.79. The molecule has 6 heteroatoms. The number of halogens is 2. The van der Waals surface area contributed by atoms with Crippen LogP contribution in [-0.2, 0) is 17.8 Å². The third-order valence-electron chi connectivity index (χ3n) is 3.43. The summed E-state index contributed by atoms with van der Waals surface area (Å²) < 4.78 is 25.1. The second kappa shape index (κ2) is 8.68. The van der Waals surface area contributed by atoms with Crippen molar-refractivity contribution in [3.05, 3.63) is 57.8 Å². The quantitative estimate of drug-likeness (QED) is 0.774. The molecule has 24 heavy (non-hydrogen) atoms. The van der Waals surface area contributed by atoms with E-state index < -0.39 is 0 Å². The zero-order valence-electron chi connectivity index (χ0n) is 13.6. The average molecular weight is 396 g/mol. The lowest BCUT2D eigenvalue weighted by molar-refractivity contribution is -0.119. The summed E-state index contributed by atoms with van der Waals surface area (Å²) >= 11 is 3.28. The van der Waals surface area contributed by atoms with Crippen LogP contribution in [0.15, 0.2) is 40.9 Å². The molecule has 0 saturated heterocycles. The van der Waals surface area contributed by atoms with Crippen molar-refractivity contribution in [3.63, 3.8) is 0 Å². The first-order chi connectivity index (χ1) is 11.5. The van der Waals surface area contributed by atoms with Gasteiger partial charge in [-0.2, -0.15) is 0 Å². The minimum Gasteiger partial charge on any atom is -0.493 e. The molecule has 0 bridgehead atoms. The average Bonchev–Trinajstić information content (AvgIpc) is 2.56. The number of hydrogen-bond donors (Lipinski definition) is 1. The topological polar surface area (TPSA) is 47.6 Å². The second-order valence-corrected chi connectivity index (χ2v) is 5.89. The molecule has 2 aromatic carbocycles. The van der Waals surface area contributed by atoms with E-state index in [1.54, 1.807) is 13.1 Å². The fraction of sp³-hybridized carbons (Fsp3) is 0.278. The Kier molecular flexibility index (Phi) is 6.61. The summed E-state index contributed by atoms with van der Waals surface area (Å²) in [5.41, 5.74) is 1.64. The monoisotopic (exact) mass is 395 g/mol. The van der Waals surface area contributed by atoms with Gasteiger partial charge in [-0.05, 0) is 52.7 Å². The summed E-state index contributed by atoms with van der Waals surface area (Å²) in [6.45, 7) is 2.62. The van der Waals surface area contributed by atoms with Crippen molar-refractivity contribution < 1.29 is 18.7 Å². The number of carbonyl (C=O) groups is 1. The SMILES string of the molecule is CCOc1cccc(CC(=O)NC)c1COc1ccc(F)cc1Br. The zero-order valence-corrected chi connectivity index (χ0v) is 15.2. The number of hydrogen-bond acceptors (Lipinski definition) is 3. The van der Waals surface area contributed by atoms with E-state index in [9.17, 15) is 9.18 Å². The van der Waals surface area contributed by atoms with Gasteiger partial charge in [-0.25, -0.2) is 4.39 Å². The molecule has 1 N–H and O–H groups in total. The van der Waals surface area contributed by atoms with E-state index in [1.165, 1.54) is 12.1 Å². The van der Waals surface area contributed by atoms with Gasteiger partial charge in [0.25, 0.3) is 0 Å². The lowest BCUT2D eigenvalue weighted by Crippen LogP contribution is -2.21. The molecule has 0 radical (unpaired) electrons. The van der Waals surface area contributed by atoms with Crippen molar-refractivity contribution in [2.45, 2.75) is 20.0 Å². The highest BCUT2D eigenvalue weighted by Gasteiger charge is 2.14. The normalized spacial score (nSPS) is 10.3. The maximum Gasteiger partial charge on any atom is 0.224 e. The predicted molar refractivity (Wildman–Crippen MR) is 93.8 cm³/mol. The van der Waals surface area contributed by atoms with E-state index in [1.807, 2.05) is 25.1 Å². The van der Waals surface area contributed by atoms with Crippen LogP contribution in [0.3, 0.4) is 0 Å². The number of ether oxygens (including phenoxy) is 2. The maximum absolute atomic E-state index is 13.2. The van der Waals surface area contributed by atoms with Gasteiger partial charge < -0.3 is 14.8 Å². The van der Waals surface area contributed by atoms with Crippen molar-refractivity contribution >= 4 is 21.8 Å². The summed E-state index contributed by atoms with van der Waals surface area (Å²) in [5.74, 6) is 0.767. The first-order valence-corrected chi connectivity index (χ1v) is 8.36. The molecule has 0 unspecified atom stereocenters. The van der Waals surface area contributed by atoms with Gasteiger partial charge >= 0.3 is 0 Å². The van der Waals surface area contributed by atoms with Crippen LogP contribution in [0.25, 0.3) is 0 Å². The van der Waals surface area contributed by atoms with Crippen LogP contribution in [0, 0.1) is 5.82 Å². The van der Waals surface area contributed by atoms with Gasteiger partial charge in [0.1, 0.15) is 23.9 Å². The molecule has 0 saturated carbocycles. The molecule has 0 fully saturated rings. The Hall–Kier alpha value is -2.08. The number of nitrogens with one attached hydrogen (secondary N) is 1. The zero-order chi connectivity index (χ0) is 17.5. The predicted octanol–water partition coefficient (Wildman–Crippen LogP) is 3.85. The second-order valence-electron chi connectivity index (χ2n) is 5.04. The molecule has 0 atom stereocenters. The molecule has 0 heterocycles. The van der Waals surface area contributed by atoms with Gasteiger partial charge in [0.05, 0.1) is 17.5 Å². The Labute approximate surface area is 149 Å². The van der Waals surface area contributed by atoms with Crippen LogP contribution < -0.4 is 14.8 Å². The Morgan fingerprint density at radius 3 is 2.67 bits per heavy atom. The van der Waals surface area contributed by atoms with E-state index in [2.05, 4.69) is 21.2 Å². The van der Waals surface area contributed by atoms with Crippen LogP contribution in [0.1, 0.15) is 18.1 Å². The third kappa shape index (κ3) is 4.71. The molecule has 2 aromatic rings. The van der Waals surface area contributed by atoms with Crippen molar-refractivity contribution in [2.75, 3.05) is 13.7 Å². The van der Waals surface area contributed by atoms with Gasteiger partial charge in [0.2, 0.25) is 5.91 Å². The molecular formula is C18H19BrFNO3. The summed E-state index contributed by atoms with van der Waals surface area (Å²) in [7, 11) is 1.60. The minimum atomic E-state index is -0.343. The lowest BCUT2D eigenvalue weighted by atomic mass is 10.0. The van der Waals surface area contributed by atoms with Crippen molar-refractivity contribution in [1.29, 1.82) is 0 Å². The van der Waals surface area contributed by atoms with Gasteiger partial charge in [-0.15, -0.1) is 0 Å². The van der Waals surface area contributed by atoms with Crippen LogP contribution in [0.4, 0.5) is 4.39 Å². The number of likely N-dealkylation sites (N-methyl/N-ethyl adjacent to an activating group) is 1. The number of amides is 1. The molecule has 0 aliphatic heterocycles. The van der Waals surface area contributed by atoms with Crippen molar-refractivity contribution in [2.24, 2.45) is 0 Å². The Morgan fingerprint density at radius 1 is 1.21 bits per heavy atom. The van der Waals surface area contributed by atoms with Crippen molar-refractivity contribution in [1.82, 2.24) is 5.32 Å². The number of rotatable bonds is 7. The molecular weight excluding hydrogens is 377 g/mol. The molecule has 0 aromatic heterocycles. The first kappa shape index (κ1) is 18.3. The van der Waals surface area contributed by atoms with Crippen LogP contribution in [0.2, 0.25) is 0 Å². The highest BCUT2D eigenvalue weighted by atomic mass is 79.9. The Bertz CT molecular complexity index is 721. The summed E-state index contributed by atoms with van der Waals surface area (Å²) in [6.07, 6.45) is 0.237. The van der Waals surface area contributed by atoms with Gasteiger partial charge in [0.15, 0.2) is 0 Å². The smallest absolute Gasteiger partial charge is 0.224 e. The molecule has 0 spiro atoms. The molecule has 0 aliphatic rings. The first-order valence-electron chi connectivity index (χ1n) is 7.57. The van der Waals surface area contributed by atoms with E-state index >= 15 is 0 Å². The highest BCUT2D eigenvalue weighted by molar-refractivity contribution is 9.10. The Balaban J connectivity index is 2.26. The molecule has 0 aliphatic carbocycles. The minimum absolute atomic E-state index is 0.0899. The third-order valence-corrected chi connectivity index (χ3v) is 4.05. The van der Waals surface area contributed by atoms with Crippen LogP contribution in [-0.4, -0.2) is 19.6 Å². The number of benzene rings is 2. The fourth-order valence-corrected chi connectivity index (χ4v) is 2.70. The molecule has 1 amide bonds. The van der Waals surface area contributed by atoms with Crippen molar-refractivity contribution in [3.8, 4) is 11.5 Å². The van der Waals surface area contributed by atoms with Crippen LogP contribution >= 0.6 is 15.9 Å². The van der Waals surface area contributed by atoms with E-state index in [0.29, 0.717) is 22.6 Å². The maximum atomic E-state index is 13.2. The van der Waals surface area contributed by atoms with Gasteiger partial charge in [0, 0.05) is 12.6 Å². The van der Waals surface area contributed by atoms with E-state index in [-0.39, 0.29) is 24.8 Å².